The SMILES string of the molecule is Cc1cc(C#CC2CC2C2CC2C#Cc2ccc(C)c(-c3cn(CC4OCCC(n5nc(-c6ccc(N7CC8(CCN(c9ccccn9)CC8)C7)cc6C)c[n+]5CC5CCCCO5)C4(C)C)nn3)c2)ccc1-c1cn(CC2CC3(CC3)CO2)nn1. The van der Waals surface area contributed by atoms with Gasteiger partial charge in [-0.2, -0.15) is 4.68 Å². The number of aryl methyl sites for hydroxylation is 3. The second-order valence-electron chi connectivity index (χ2n) is 27.5. The molecule has 0 radical (unpaired) electrons. The van der Waals surface area contributed by atoms with Crippen LogP contribution in [0.25, 0.3) is 33.8 Å². The van der Waals surface area contributed by atoms with Crippen molar-refractivity contribution in [3.63, 3.8) is 0 Å². The third-order valence-corrected chi connectivity index (χ3v) is 20.9. The van der Waals surface area contributed by atoms with Gasteiger partial charge < -0.3 is 24.0 Å². The van der Waals surface area contributed by atoms with Crippen molar-refractivity contribution in [3.05, 3.63) is 125 Å². The quantitative estimate of drug-likeness (QED) is 0.0808. The Labute approximate surface area is 500 Å². The van der Waals surface area contributed by atoms with Gasteiger partial charge in [0, 0.05) is 107 Å². The number of pyridine rings is 1. The zero-order valence-corrected chi connectivity index (χ0v) is 50.3. The normalized spacial score (nSPS) is 26.8. The molecule has 8 unspecified atom stereocenters. The van der Waals surface area contributed by atoms with Gasteiger partial charge in [-0.15, -0.1) is 10.2 Å². The monoisotopic (exact) mass is 1140 g/mol. The molecule has 3 aromatic carbocycles. The van der Waals surface area contributed by atoms with Crippen LogP contribution in [0.15, 0.2) is 97.6 Å². The van der Waals surface area contributed by atoms with E-state index in [4.69, 9.17) is 29.6 Å². The second kappa shape index (κ2) is 22.0. The minimum absolute atomic E-state index is 0.0844. The molecule has 8 fully saturated rings. The van der Waals surface area contributed by atoms with Crippen LogP contribution in [0.1, 0.15) is 118 Å². The van der Waals surface area contributed by atoms with Gasteiger partial charge in [-0.1, -0.05) is 66.2 Å². The van der Waals surface area contributed by atoms with Crippen molar-refractivity contribution >= 4 is 11.5 Å². The van der Waals surface area contributed by atoms with E-state index in [0.717, 1.165) is 135 Å². The molecule has 0 N–H and O–H groups in total. The molecule has 5 saturated heterocycles. The first-order valence-corrected chi connectivity index (χ1v) is 31.8. The molecule has 3 saturated carbocycles. The first-order chi connectivity index (χ1) is 41.4. The van der Waals surface area contributed by atoms with Crippen LogP contribution in [0, 0.1) is 84.4 Å². The zero-order valence-electron chi connectivity index (χ0n) is 50.3. The Morgan fingerprint density at radius 1 is 0.647 bits per heavy atom. The van der Waals surface area contributed by atoms with Gasteiger partial charge in [0.2, 0.25) is 5.69 Å². The molecule has 7 aromatic rings. The number of ether oxygens (including phenoxy) is 3. The minimum Gasteiger partial charge on any atom is -0.376 e. The predicted octanol–water partition coefficient (Wildman–Crippen LogP) is 10.7. The van der Waals surface area contributed by atoms with Gasteiger partial charge in [-0.25, -0.2) is 14.3 Å². The van der Waals surface area contributed by atoms with E-state index in [2.05, 4.69) is 178 Å². The molecule has 15 nitrogen and oxygen atoms in total. The Morgan fingerprint density at radius 3 is 2.07 bits per heavy atom. The molecule has 15 rings (SSSR count). The fraction of sp³-hybridized carbons (Fsp3) is 0.529. The third kappa shape index (κ3) is 11.2. The topological polar surface area (TPSA) is 130 Å². The average molecular weight is 1140 g/mol. The van der Waals surface area contributed by atoms with Crippen LogP contribution in [-0.2, 0) is 33.8 Å². The first-order valence-electron chi connectivity index (χ1n) is 31.8. The summed E-state index contributed by atoms with van der Waals surface area (Å²) in [5.41, 5.74) is 13.6. The number of aromatic nitrogens is 10. The van der Waals surface area contributed by atoms with Crippen LogP contribution < -0.4 is 14.5 Å². The number of nitrogens with zero attached hydrogens (tertiary/aromatic N) is 12. The van der Waals surface area contributed by atoms with Crippen molar-refractivity contribution in [3.8, 4) is 57.5 Å². The molecule has 8 atom stereocenters. The van der Waals surface area contributed by atoms with E-state index in [9.17, 15) is 0 Å². The van der Waals surface area contributed by atoms with Gasteiger partial charge in [0.15, 0.2) is 6.20 Å². The Kier molecular flexibility index (Phi) is 14.1. The Hall–Kier alpha value is -7.17. The smallest absolute Gasteiger partial charge is 0.249 e. The number of hydrogen-bond acceptors (Lipinski definition) is 11. The molecule has 8 aliphatic rings. The summed E-state index contributed by atoms with van der Waals surface area (Å²) < 4.78 is 25.4. The van der Waals surface area contributed by atoms with Gasteiger partial charge in [0.1, 0.15) is 29.8 Å². The van der Waals surface area contributed by atoms with Gasteiger partial charge in [-0.3, -0.25) is 0 Å². The molecule has 15 heteroatoms. The van der Waals surface area contributed by atoms with Crippen molar-refractivity contribution in [1.29, 1.82) is 0 Å². The van der Waals surface area contributed by atoms with Crippen LogP contribution in [-0.4, -0.2) is 109 Å². The van der Waals surface area contributed by atoms with Crippen LogP contribution >= 0.6 is 0 Å². The minimum atomic E-state index is -0.289. The highest BCUT2D eigenvalue weighted by atomic mass is 16.5. The Morgan fingerprint density at radius 2 is 1.36 bits per heavy atom. The van der Waals surface area contributed by atoms with Crippen molar-refractivity contribution in [2.24, 2.45) is 39.9 Å². The van der Waals surface area contributed by atoms with E-state index >= 15 is 0 Å². The van der Waals surface area contributed by atoms with Crippen LogP contribution in [0.5, 0.6) is 0 Å². The molecule has 438 valence electrons. The highest BCUT2D eigenvalue weighted by molar-refractivity contribution is 5.68. The summed E-state index contributed by atoms with van der Waals surface area (Å²) in [6.07, 6.45) is 21.3. The lowest BCUT2D eigenvalue weighted by atomic mass is 9.71. The lowest BCUT2D eigenvalue weighted by molar-refractivity contribution is -0.789. The van der Waals surface area contributed by atoms with E-state index < -0.39 is 0 Å². The summed E-state index contributed by atoms with van der Waals surface area (Å²) in [4.78, 5) is 11.9. The summed E-state index contributed by atoms with van der Waals surface area (Å²) >= 11 is 0. The predicted molar refractivity (Wildman–Crippen MR) is 327 cm³/mol. The fourth-order valence-corrected chi connectivity index (χ4v) is 15.0. The number of hydrogen-bond donors (Lipinski definition) is 0. The van der Waals surface area contributed by atoms with Gasteiger partial charge >= 0.3 is 0 Å². The molecule has 9 heterocycles. The largest absolute Gasteiger partial charge is 0.376 e. The Bertz CT molecular complexity index is 3740. The highest BCUT2D eigenvalue weighted by Crippen LogP contribution is 2.58. The van der Waals surface area contributed by atoms with Gasteiger partial charge in [0.05, 0.1) is 50.4 Å². The first kappa shape index (κ1) is 54.5. The van der Waals surface area contributed by atoms with E-state index in [1.54, 1.807) is 0 Å². The molecule has 2 spiro atoms. The van der Waals surface area contributed by atoms with E-state index in [1.165, 1.54) is 60.9 Å². The fourth-order valence-electron chi connectivity index (χ4n) is 15.0. The number of anilines is 2. The van der Waals surface area contributed by atoms with Crippen molar-refractivity contribution in [2.45, 2.75) is 149 Å². The second-order valence-corrected chi connectivity index (χ2v) is 27.5. The van der Waals surface area contributed by atoms with Crippen LogP contribution in [0.2, 0.25) is 0 Å². The molecule has 3 aliphatic carbocycles. The molecule has 0 amide bonds. The van der Waals surface area contributed by atoms with Crippen LogP contribution in [0.3, 0.4) is 0 Å². The number of rotatable bonds is 13. The van der Waals surface area contributed by atoms with Gasteiger partial charge in [-0.05, 0) is 185 Å². The van der Waals surface area contributed by atoms with E-state index in [-0.39, 0.29) is 29.8 Å². The van der Waals surface area contributed by atoms with Crippen LogP contribution in [0.4, 0.5) is 11.5 Å². The molecular weight excluding hydrogens is 1060 g/mol. The van der Waals surface area contributed by atoms with Crippen molar-refractivity contribution < 1.29 is 18.9 Å². The lowest BCUT2D eigenvalue weighted by Gasteiger charge is -2.55. The van der Waals surface area contributed by atoms with E-state index in [1.807, 2.05) is 21.6 Å². The summed E-state index contributed by atoms with van der Waals surface area (Å²) in [7, 11) is 0. The molecule has 4 aromatic heterocycles. The molecular formula is C70H81N12O3+. The van der Waals surface area contributed by atoms with Crippen molar-refractivity contribution in [1.82, 2.24) is 44.9 Å². The molecule has 85 heavy (non-hydrogen) atoms. The van der Waals surface area contributed by atoms with Gasteiger partial charge in [0.25, 0.3) is 0 Å². The summed E-state index contributed by atoms with van der Waals surface area (Å²) in [5.74, 6) is 17.6. The zero-order chi connectivity index (χ0) is 57.4. The maximum atomic E-state index is 6.69. The number of benzene rings is 3. The van der Waals surface area contributed by atoms with Crippen molar-refractivity contribution in [2.75, 3.05) is 55.8 Å². The maximum absolute atomic E-state index is 6.69. The highest BCUT2D eigenvalue weighted by Gasteiger charge is 2.53. The summed E-state index contributed by atoms with van der Waals surface area (Å²) in [5, 5.41) is 23.9. The van der Waals surface area contributed by atoms with E-state index in [0.29, 0.717) is 47.7 Å². The number of piperidine rings is 1. The standard InChI is InChI=1S/C70H81N12O3/c1-47-12-13-51(15-18-53-36-61(53)60-35-52(60)17-14-50-16-20-57(48(2)32-50)62-40-79(75-72-62)38-56-37-69(23-24-69)46-85-56)34-59(47)63-41-80(76-73-63)43-66-68(4,5)65(22-31-84-66)82-74-64(42-81(82)39-55-10-7-9-30-83-55)58-21-19-54(33-49(58)3)78-44-70(45-78)25-28-77(29-26-70)67-11-6-8-27-71-67/h6,8,11-13,16,19-21,27,32-34,40-42,52-53,55-56,60-61,65-66H,7,9-10,22-26,28-31,35-39,43-46H2,1-5H3/q+1. The maximum Gasteiger partial charge on any atom is 0.249 e. The lowest BCUT2D eigenvalue weighted by Crippen LogP contribution is -2.60. The average Bonchev–Trinajstić information content (AvgIpc) is 3.52. The summed E-state index contributed by atoms with van der Waals surface area (Å²) in [6.45, 7) is 20.0. The summed E-state index contributed by atoms with van der Waals surface area (Å²) in [6, 6.07) is 26.3. The third-order valence-electron chi connectivity index (χ3n) is 20.9. The Balaban J connectivity index is 0.573. The molecule has 5 aliphatic heterocycles. The molecule has 0 bridgehead atoms.